The predicted molar refractivity (Wildman–Crippen MR) is 90.7 cm³/mol. The molecule has 1 atom stereocenters. The molecule has 0 radical (unpaired) electrons. The Kier molecular flexibility index (Phi) is 6.01. The van der Waals surface area contributed by atoms with Crippen molar-refractivity contribution in [2.24, 2.45) is 0 Å². The number of amides is 2. The van der Waals surface area contributed by atoms with Gasteiger partial charge in [-0.2, -0.15) is 5.10 Å². The number of halogens is 1. The molecule has 1 unspecified atom stereocenters. The van der Waals surface area contributed by atoms with Crippen molar-refractivity contribution < 1.29 is 9.90 Å². The first kappa shape index (κ1) is 17.3. The van der Waals surface area contributed by atoms with Crippen LogP contribution in [0, 0.1) is 0 Å². The van der Waals surface area contributed by atoms with E-state index in [1.807, 2.05) is 24.3 Å². The average Bonchev–Trinajstić information content (AvgIpc) is 2.94. The van der Waals surface area contributed by atoms with Gasteiger partial charge in [-0.05, 0) is 31.0 Å². The number of aliphatic hydroxyl groups is 1. The number of hydrogen-bond acceptors (Lipinski definition) is 3. The summed E-state index contributed by atoms with van der Waals surface area (Å²) in [5.74, 6) is 0. The van der Waals surface area contributed by atoms with Crippen LogP contribution in [0.25, 0.3) is 0 Å². The smallest absolute Gasteiger partial charge is 0.321 e. The monoisotopic (exact) mass is 336 g/mol. The number of rotatable bonds is 6. The highest BCUT2D eigenvalue weighted by Crippen LogP contribution is 2.12. The third-order valence-corrected chi connectivity index (χ3v) is 3.62. The molecule has 7 heteroatoms. The van der Waals surface area contributed by atoms with Gasteiger partial charge < -0.3 is 15.3 Å². The van der Waals surface area contributed by atoms with Gasteiger partial charge >= 0.3 is 6.03 Å². The quantitative estimate of drug-likeness (QED) is 0.852. The zero-order valence-corrected chi connectivity index (χ0v) is 14.0. The van der Waals surface area contributed by atoms with E-state index in [1.165, 1.54) is 4.90 Å². The summed E-state index contributed by atoms with van der Waals surface area (Å²) >= 11 is 5.86. The summed E-state index contributed by atoms with van der Waals surface area (Å²) in [6.07, 6.45) is 3.50. The molecule has 2 amide bonds. The first-order valence-electron chi connectivity index (χ1n) is 7.41. The average molecular weight is 337 g/mol. The van der Waals surface area contributed by atoms with E-state index in [0.717, 1.165) is 5.56 Å². The molecule has 0 saturated carbocycles. The van der Waals surface area contributed by atoms with Gasteiger partial charge in [0.1, 0.15) is 0 Å². The number of benzene rings is 1. The number of aromatic nitrogens is 2. The molecule has 1 aromatic carbocycles. The largest absolute Gasteiger partial charge is 0.393 e. The number of aliphatic hydroxyl groups excluding tert-OH is 1. The van der Waals surface area contributed by atoms with E-state index in [4.69, 9.17) is 11.6 Å². The van der Waals surface area contributed by atoms with Gasteiger partial charge in [-0.3, -0.25) is 4.68 Å². The molecular weight excluding hydrogens is 316 g/mol. The molecule has 23 heavy (non-hydrogen) atoms. The molecule has 124 valence electrons. The van der Waals surface area contributed by atoms with Crippen LogP contribution in [-0.2, 0) is 6.54 Å². The van der Waals surface area contributed by atoms with Gasteiger partial charge in [0.25, 0.3) is 0 Å². The normalized spacial score (nSPS) is 12.0. The van der Waals surface area contributed by atoms with Gasteiger partial charge in [0.05, 0.1) is 24.5 Å². The summed E-state index contributed by atoms with van der Waals surface area (Å²) in [4.78, 5) is 13.5. The fraction of sp³-hybridized carbons (Fsp3) is 0.375. The van der Waals surface area contributed by atoms with Gasteiger partial charge in [0, 0.05) is 24.8 Å². The third kappa shape index (κ3) is 5.58. The predicted octanol–water partition coefficient (Wildman–Crippen LogP) is 2.82. The zero-order valence-electron chi connectivity index (χ0n) is 13.2. The Hall–Kier alpha value is -2.05. The third-order valence-electron chi connectivity index (χ3n) is 3.37. The first-order valence-corrected chi connectivity index (χ1v) is 7.79. The number of carbonyl (C=O) groups is 1. The van der Waals surface area contributed by atoms with Gasteiger partial charge in [0.2, 0.25) is 0 Å². The van der Waals surface area contributed by atoms with Crippen LogP contribution in [0.2, 0.25) is 5.02 Å². The van der Waals surface area contributed by atoms with Crippen molar-refractivity contribution in [3.63, 3.8) is 0 Å². The minimum atomic E-state index is -0.424. The second kappa shape index (κ2) is 7.99. The van der Waals surface area contributed by atoms with E-state index in [-0.39, 0.29) is 6.03 Å². The van der Waals surface area contributed by atoms with E-state index in [1.54, 1.807) is 31.0 Å². The maximum absolute atomic E-state index is 12.0. The SMILES string of the molecule is CC(O)CCN(C)C(=O)Nc1cnn(Cc2ccc(Cl)cc2)c1. The maximum Gasteiger partial charge on any atom is 0.321 e. The van der Waals surface area contributed by atoms with Gasteiger partial charge in [0.15, 0.2) is 0 Å². The molecule has 0 aliphatic rings. The fourth-order valence-corrected chi connectivity index (χ4v) is 2.12. The maximum atomic E-state index is 12.0. The number of hydrogen-bond donors (Lipinski definition) is 2. The van der Waals surface area contributed by atoms with Crippen molar-refractivity contribution in [2.45, 2.75) is 26.0 Å². The summed E-state index contributed by atoms with van der Waals surface area (Å²) in [6.45, 7) is 2.79. The van der Waals surface area contributed by atoms with Crippen LogP contribution in [0.4, 0.5) is 10.5 Å². The minimum absolute atomic E-state index is 0.225. The highest BCUT2D eigenvalue weighted by molar-refractivity contribution is 6.30. The lowest BCUT2D eigenvalue weighted by molar-refractivity contribution is 0.167. The van der Waals surface area contributed by atoms with Crippen molar-refractivity contribution in [3.8, 4) is 0 Å². The van der Waals surface area contributed by atoms with Crippen molar-refractivity contribution >= 4 is 23.3 Å². The molecule has 0 saturated heterocycles. The Labute approximate surface area is 140 Å². The number of nitrogens with zero attached hydrogens (tertiary/aromatic N) is 3. The van der Waals surface area contributed by atoms with Crippen LogP contribution in [0.15, 0.2) is 36.7 Å². The summed E-state index contributed by atoms with van der Waals surface area (Å²) in [6, 6.07) is 7.31. The van der Waals surface area contributed by atoms with Crippen LogP contribution < -0.4 is 5.32 Å². The van der Waals surface area contributed by atoms with Crippen molar-refractivity contribution in [2.75, 3.05) is 18.9 Å². The van der Waals surface area contributed by atoms with E-state index >= 15 is 0 Å². The topological polar surface area (TPSA) is 70.4 Å². The van der Waals surface area contributed by atoms with Crippen molar-refractivity contribution in [1.82, 2.24) is 14.7 Å². The van der Waals surface area contributed by atoms with Gasteiger partial charge in [-0.1, -0.05) is 23.7 Å². The Morgan fingerprint density at radius 3 is 2.78 bits per heavy atom. The molecule has 0 aliphatic heterocycles. The van der Waals surface area contributed by atoms with Gasteiger partial charge in [-0.25, -0.2) is 4.79 Å². The lowest BCUT2D eigenvalue weighted by Gasteiger charge is -2.17. The van der Waals surface area contributed by atoms with Crippen LogP contribution in [-0.4, -0.2) is 45.5 Å². The van der Waals surface area contributed by atoms with Crippen LogP contribution in [0.3, 0.4) is 0 Å². The molecule has 6 nitrogen and oxygen atoms in total. The van der Waals surface area contributed by atoms with Crippen LogP contribution in [0.5, 0.6) is 0 Å². The first-order chi connectivity index (χ1) is 10.9. The summed E-state index contributed by atoms with van der Waals surface area (Å²) in [7, 11) is 1.69. The van der Waals surface area contributed by atoms with Crippen molar-refractivity contribution in [3.05, 3.63) is 47.2 Å². The highest BCUT2D eigenvalue weighted by atomic mass is 35.5. The second-order valence-corrected chi connectivity index (χ2v) is 5.98. The molecule has 0 spiro atoms. The van der Waals surface area contributed by atoms with Crippen LogP contribution >= 0.6 is 11.6 Å². The summed E-state index contributed by atoms with van der Waals surface area (Å²) in [5.41, 5.74) is 1.71. The van der Waals surface area contributed by atoms with Crippen LogP contribution in [0.1, 0.15) is 18.9 Å². The molecule has 1 aromatic heterocycles. The Balaban J connectivity index is 1.89. The van der Waals surface area contributed by atoms with Crippen molar-refractivity contribution in [1.29, 1.82) is 0 Å². The molecule has 2 N–H and O–H groups in total. The minimum Gasteiger partial charge on any atom is -0.393 e. The lowest BCUT2D eigenvalue weighted by atomic mass is 10.2. The number of urea groups is 1. The molecule has 1 heterocycles. The Morgan fingerprint density at radius 1 is 1.43 bits per heavy atom. The molecule has 2 aromatic rings. The van der Waals surface area contributed by atoms with E-state index in [9.17, 15) is 9.90 Å². The number of carbonyl (C=O) groups excluding carboxylic acids is 1. The standard InChI is InChI=1S/C16H21ClN4O2/c1-12(22)7-8-20(2)16(23)19-15-9-18-21(11-15)10-13-3-5-14(17)6-4-13/h3-6,9,11-12,22H,7-8,10H2,1-2H3,(H,19,23). The Morgan fingerprint density at radius 2 is 2.13 bits per heavy atom. The van der Waals surface area contributed by atoms with E-state index in [2.05, 4.69) is 10.4 Å². The molecule has 0 aliphatic carbocycles. The summed E-state index contributed by atoms with van der Waals surface area (Å²) < 4.78 is 1.74. The zero-order chi connectivity index (χ0) is 16.8. The van der Waals surface area contributed by atoms with E-state index < -0.39 is 6.10 Å². The molecule has 2 rings (SSSR count). The van der Waals surface area contributed by atoms with Gasteiger partial charge in [-0.15, -0.1) is 0 Å². The Bertz CT molecular complexity index is 640. The number of nitrogens with one attached hydrogen (secondary N) is 1. The van der Waals surface area contributed by atoms with E-state index in [0.29, 0.717) is 30.2 Å². The summed E-state index contributed by atoms with van der Waals surface area (Å²) in [5, 5.41) is 17.0. The highest BCUT2D eigenvalue weighted by Gasteiger charge is 2.10. The fourth-order valence-electron chi connectivity index (χ4n) is 1.99. The lowest BCUT2D eigenvalue weighted by Crippen LogP contribution is -2.33. The second-order valence-electron chi connectivity index (χ2n) is 5.54. The molecular formula is C16H21ClN4O2. The number of anilines is 1. The molecule has 0 fully saturated rings. The molecule has 0 bridgehead atoms.